The summed E-state index contributed by atoms with van der Waals surface area (Å²) in [5.41, 5.74) is 1.17. The quantitative estimate of drug-likeness (QED) is 0.868. The van der Waals surface area contributed by atoms with Crippen LogP contribution in [0.2, 0.25) is 0 Å². The number of methoxy groups -OCH3 is 1. The second-order valence-corrected chi connectivity index (χ2v) is 5.40. The standard InChI is InChI=1S/C16H23NO3/c1-20-15-7-5-13(6-8-15)11-14(12-16(18)19)17-9-3-2-4-10-17/h5-8,14H,2-4,9-12H2,1H3,(H,18,19). The van der Waals surface area contributed by atoms with E-state index in [-0.39, 0.29) is 12.5 Å². The second-order valence-electron chi connectivity index (χ2n) is 5.40. The molecule has 2 rings (SSSR count). The van der Waals surface area contributed by atoms with E-state index in [1.807, 2.05) is 24.3 Å². The van der Waals surface area contributed by atoms with Crippen molar-refractivity contribution in [3.8, 4) is 5.75 Å². The number of carboxylic acid groups (broad SMARTS) is 1. The first-order chi connectivity index (χ1) is 9.69. The van der Waals surface area contributed by atoms with Crippen LogP contribution in [0.25, 0.3) is 0 Å². The Balaban J connectivity index is 2.03. The van der Waals surface area contributed by atoms with E-state index in [9.17, 15) is 4.79 Å². The van der Waals surface area contributed by atoms with Gasteiger partial charge in [0.25, 0.3) is 0 Å². The smallest absolute Gasteiger partial charge is 0.304 e. The maximum atomic E-state index is 11.1. The number of hydrogen-bond acceptors (Lipinski definition) is 3. The van der Waals surface area contributed by atoms with Crippen LogP contribution in [0.1, 0.15) is 31.2 Å². The number of carbonyl (C=O) groups is 1. The Bertz CT molecular complexity index is 424. The Morgan fingerprint density at radius 2 is 1.90 bits per heavy atom. The Morgan fingerprint density at radius 3 is 2.45 bits per heavy atom. The molecule has 1 aromatic carbocycles. The van der Waals surface area contributed by atoms with Crippen molar-refractivity contribution in [1.29, 1.82) is 0 Å². The lowest BCUT2D eigenvalue weighted by Gasteiger charge is -2.34. The summed E-state index contributed by atoms with van der Waals surface area (Å²) in [5, 5.41) is 9.13. The number of piperidine rings is 1. The topological polar surface area (TPSA) is 49.8 Å². The lowest BCUT2D eigenvalue weighted by atomic mass is 9.99. The number of benzene rings is 1. The molecular formula is C16H23NO3. The molecule has 0 aromatic heterocycles. The first kappa shape index (κ1) is 14.9. The van der Waals surface area contributed by atoms with Crippen LogP contribution >= 0.6 is 0 Å². The summed E-state index contributed by atoms with van der Waals surface area (Å²) in [6, 6.07) is 8.02. The molecule has 1 aliphatic rings. The third-order valence-corrected chi connectivity index (χ3v) is 3.95. The predicted molar refractivity (Wildman–Crippen MR) is 78.2 cm³/mol. The zero-order valence-corrected chi connectivity index (χ0v) is 12.0. The average Bonchev–Trinajstić information content (AvgIpc) is 2.48. The third-order valence-electron chi connectivity index (χ3n) is 3.95. The molecule has 0 spiro atoms. The summed E-state index contributed by atoms with van der Waals surface area (Å²) in [4.78, 5) is 13.4. The van der Waals surface area contributed by atoms with Crippen molar-refractivity contribution >= 4 is 5.97 Å². The van der Waals surface area contributed by atoms with Crippen molar-refractivity contribution in [2.24, 2.45) is 0 Å². The largest absolute Gasteiger partial charge is 0.497 e. The van der Waals surface area contributed by atoms with Crippen molar-refractivity contribution in [1.82, 2.24) is 4.90 Å². The van der Waals surface area contributed by atoms with Crippen LogP contribution in [0, 0.1) is 0 Å². The average molecular weight is 277 g/mol. The Kier molecular flexibility index (Phi) is 5.41. The van der Waals surface area contributed by atoms with Gasteiger partial charge < -0.3 is 9.84 Å². The van der Waals surface area contributed by atoms with E-state index in [0.717, 1.165) is 25.3 Å². The van der Waals surface area contributed by atoms with Crippen molar-refractivity contribution in [2.75, 3.05) is 20.2 Å². The summed E-state index contributed by atoms with van der Waals surface area (Å²) >= 11 is 0. The van der Waals surface area contributed by atoms with Gasteiger partial charge in [0.15, 0.2) is 0 Å². The molecule has 1 unspecified atom stereocenters. The zero-order valence-electron chi connectivity index (χ0n) is 12.0. The van der Waals surface area contributed by atoms with Crippen molar-refractivity contribution in [3.63, 3.8) is 0 Å². The molecular weight excluding hydrogens is 254 g/mol. The number of carboxylic acids is 1. The van der Waals surface area contributed by atoms with Gasteiger partial charge in [-0.25, -0.2) is 0 Å². The molecule has 0 saturated carbocycles. The van der Waals surface area contributed by atoms with E-state index in [1.54, 1.807) is 7.11 Å². The molecule has 0 amide bonds. The zero-order chi connectivity index (χ0) is 14.4. The van der Waals surface area contributed by atoms with Gasteiger partial charge in [-0.05, 0) is 50.0 Å². The van der Waals surface area contributed by atoms with Crippen LogP contribution in [0.3, 0.4) is 0 Å². The molecule has 1 fully saturated rings. The number of likely N-dealkylation sites (tertiary alicyclic amines) is 1. The van der Waals surface area contributed by atoms with Crippen LogP contribution in [-0.2, 0) is 11.2 Å². The van der Waals surface area contributed by atoms with E-state index in [2.05, 4.69) is 4.90 Å². The van der Waals surface area contributed by atoms with Crippen LogP contribution in [0.5, 0.6) is 5.75 Å². The van der Waals surface area contributed by atoms with Gasteiger partial charge in [0.05, 0.1) is 13.5 Å². The van der Waals surface area contributed by atoms with Crippen LogP contribution in [0.15, 0.2) is 24.3 Å². The molecule has 110 valence electrons. The highest BCUT2D eigenvalue weighted by atomic mass is 16.5. The summed E-state index contributed by atoms with van der Waals surface area (Å²) in [6.45, 7) is 2.04. The lowest BCUT2D eigenvalue weighted by molar-refractivity contribution is -0.138. The molecule has 0 bridgehead atoms. The van der Waals surface area contributed by atoms with Gasteiger partial charge in [-0.3, -0.25) is 9.69 Å². The third kappa shape index (κ3) is 4.23. The van der Waals surface area contributed by atoms with Crippen molar-refractivity contribution in [2.45, 2.75) is 38.1 Å². The van der Waals surface area contributed by atoms with Crippen molar-refractivity contribution < 1.29 is 14.6 Å². The lowest BCUT2D eigenvalue weighted by Crippen LogP contribution is -2.41. The molecule has 0 aliphatic carbocycles. The number of aliphatic carboxylic acids is 1. The highest BCUT2D eigenvalue weighted by Crippen LogP contribution is 2.19. The maximum Gasteiger partial charge on any atom is 0.304 e. The van der Waals surface area contributed by atoms with Crippen LogP contribution in [0.4, 0.5) is 0 Å². The summed E-state index contributed by atoms with van der Waals surface area (Å²) in [5.74, 6) is 0.121. The van der Waals surface area contributed by atoms with E-state index < -0.39 is 5.97 Å². The Hall–Kier alpha value is -1.55. The van der Waals surface area contributed by atoms with Crippen LogP contribution < -0.4 is 4.74 Å². The SMILES string of the molecule is COc1ccc(CC(CC(=O)O)N2CCCCC2)cc1. The number of ether oxygens (including phenoxy) is 1. The first-order valence-electron chi connectivity index (χ1n) is 7.28. The molecule has 4 nitrogen and oxygen atoms in total. The molecule has 1 saturated heterocycles. The van der Waals surface area contributed by atoms with Gasteiger partial charge in [0.2, 0.25) is 0 Å². The molecule has 0 radical (unpaired) electrons. The van der Waals surface area contributed by atoms with Gasteiger partial charge in [0, 0.05) is 6.04 Å². The molecule has 1 aliphatic heterocycles. The minimum Gasteiger partial charge on any atom is -0.497 e. The summed E-state index contributed by atoms with van der Waals surface area (Å²) in [6.07, 6.45) is 4.62. The molecule has 1 atom stereocenters. The fraction of sp³-hybridized carbons (Fsp3) is 0.562. The van der Waals surface area contributed by atoms with E-state index >= 15 is 0 Å². The highest BCUT2D eigenvalue weighted by molar-refractivity contribution is 5.67. The van der Waals surface area contributed by atoms with Gasteiger partial charge in [-0.15, -0.1) is 0 Å². The molecule has 4 heteroatoms. The monoisotopic (exact) mass is 277 g/mol. The van der Waals surface area contributed by atoms with E-state index in [1.165, 1.54) is 24.8 Å². The first-order valence-corrected chi connectivity index (χ1v) is 7.28. The minimum atomic E-state index is -0.714. The molecule has 1 N–H and O–H groups in total. The van der Waals surface area contributed by atoms with Gasteiger partial charge in [-0.2, -0.15) is 0 Å². The minimum absolute atomic E-state index is 0.0983. The predicted octanol–water partition coefficient (Wildman–Crippen LogP) is 2.57. The van der Waals surface area contributed by atoms with Crippen molar-refractivity contribution in [3.05, 3.63) is 29.8 Å². The highest BCUT2D eigenvalue weighted by Gasteiger charge is 2.23. The Morgan fingerprint density at radius 1 is 1.25 bits per heavy atom. The number of nitrogens with zero attached hydrogens (tertiary/aromatic N) is 1. The number of hydrogen-bond donors (Lipinski definition) is 1. The maximum absolute atomic E-state index is 11.1. The fourth-order valence-electron chi connectivity index (χ4n) is 2.85. The Labute approximate surface area is 120 Å². The second kappa shape index (κ2) is 7.29. The normalized spacial score (nSPS) is 17.6. The van der Waals surface area contributed by atoms with Gasteiger partial charge in [-0.1, -0.05) is 18.6 Å². The molecule has 1 heterocycles. The summed E-state index contributed by atoms with van der Waals surface area (Å²) < 4.78 is 5.15. The number of rotatable bonds is 6. The fourth-order valence-corrected chi connectivity index (χ4v) is 2.85. The van der Waals surface area contributed by atoms with E-state index in [4.69, 9.17) is 9.84 Å². The van der Waals surface area contributed by atoms with Crippen LogP contribution in [-0.4, -0.2) is 42.2 Å². The molecule has 20 heavy (non-hydrogen) atoms. The molecule has 1 aromatic rings. The van der Waals surface area contributed by atoms with Gasteiger partial charge >= 0.3 is 5.97 Å². The summed E-state index contributed by atoms with van der Waals surface area (Å²) in [7, 11) is 1.65. The van der Waals surface area contributed by atoms with Gasteiger partial charge in [0.1, 0.15) is 5.75 Å². The van der Waals surface area contributed by atoms with E-state index in [0.29, 0.717) is 0 Å².